The van der Waals surface area contributed by atoms with E-state index in [2.05, 4.69) is 0 Å². The first-order chi connectivity index (χ1) is 11.5. The van der Waals surface area contributed by atoms with Crippen LogP contribution in [0.25, 0.3) is 0 Å². The molecule has 0 amide bonds. The number of hydrogen-bond donors (Lipinski definition) is 3. The largest absolute Gasteiger partial charge is 0.679 e. The van der Waals surface area contributed by atoms with Gasteiger partial charge in [0.1, 0.15) is 0 Å². The van der Waals surface area contributed by atoms with Crippen LogP contribution in [0.4, 0.5) is 0 Å². The maximum absolute atomic E-state index is 9.04. The van der Waals surface area contributed by atoms with E-state index in [0.717, 1.165) is 5.56 Å². The zero-order valence-electron chi connectivity index (χ0n) is 15.1. The summed E-state index contributed by atoms with van der Waals surface area (Å²) in [7, 11) is -2.80. The van der Waals surface area contributed by atoms with E-state index in [1.807, 2.05) is 27.7 Å². The van der Waals surface area contributed by atoms with Crippen LogP contribution in [0.15, 0.2) is 18.2 Å². The first kappa shape index (κ1) is 22.8. The minimum atomic E-state index is -2.80. The van der Waals surface area contributed by atoms with Gasteiger partial charge in [0.2, 0.25) is 0 Å². The predicted octanol–water partition coefficient (Wildman–Crippen LogP) is 2.17. The third-order valence-corrected chi connectivity index (χ3v) is 5.33. The van der Waals surface area contributed by atoms with Gasteiger partial charge in [-0.1, -0.05) is 6.07 Å². The molecule has 1 rings (SSSR count). The van der Waals surface area contributed by atoms with Crippen LogP contribution >= 0.6 is 0 Å². The van der Waals surface area contributed by atoms with Crippen molar-refractivity contribution in [3.63, 3.8) is 0 Å². The lowest BCUT2D eigenvalue weighted by atomic mass is 10.1. The Labute approximate surface area is 145 Å². The molecular formula is C16H31NO6Si. The summed E-state index contributed by atoms with van der Waals surface area (Å²) in [6, 6.07) is 4.71. The quantitative estimate of drug-likeness (QED) is 0.433. The van der Waals surface area contributed by atoms with E-state index in [4.69, 9.17) is 33.7 Å². The normalized spacial score (nSPS) is 11.0. The van der Waals surface area contributed by atoms with Crippen LogP contribution in [-0.2, 0) is 24.1 Å². The summed E-state index contributed by atoms with van der Waals surface area (Å²) >= 11 is 0. The smallest absolute Gasteiger partial charge is 0.504 e. The molecule has 24 heavy (non-hydrogen) atoms. The molecule has 0 aromatic heterocycles. The third-order valence-electron chi connectivity index (χ3n) is 2.76. The molecule has 0 spiro atoms. The van der Waals surface area contributed by atoms with Gasteiger partial charge in [0.25, 0.3) is 0 Å². The standard InChI is InChI=1S/C8H11NO2.C8H20O4Si/c9-4-3-6-1-2-7(10)8(11)5-6;1-5-9-13(10-6-2,11-7-3)12-8-4/h1-2,5,10-11H,3-4,9H2;5-8H2,1-4H3. The molecule has 0 aliphatic carbocycles. The topological polar surface area (TPSA) is 103 Å². The van der Waals surface area contributed by atoms with Crippen LogP contribution in [0.3, 0.4) is 0 Å². The fourth-order valence-corrected chi connectivity index (χ4v) is 3.76. The van der Waals surface area contributed by atoms with Gasteiger partial charge in [-0.05, 0) is 58.4 Å². The number of nitrogens with two attached hydrogens (primary N) is 1. The second-order valence-corrected chi connectivity index (χ2v) is 6.75. The highest BCUT2D eigenvalue weighted by Gasteiger charge is 2.44. The van der Waals surface area contributed by atoms with Gasteiger partial charge in [0.05, 0.1) is 0 Å². The van der Waals surface area contributed by atoms with Crippen LogP contribution < -0.4 is 5.73 Å². The molecule has 8 heteroatoms. The molecule has 140 valence electrons. The van der Waals surface area contributed by atoms with Crippen molar-refractivity contribution in [3.8, 4) is 11.5 Å². The second-order valence-electron chi connectivity index (χ2n) is 4.59. The third kappa shape index (κ3) is 8.62. The van der Waals surface area contributed by atoms with E-state index >= 15 is 0 Å². The molecule has 0 aliphatic heterocycles. The molecule has 0 bridgehead atoms. The maximum atomic E-state index is 9.04. The van der Waals surface area contributed by atoms with Crippen LogP contribution in [0.5, 0.6) is 11.5 Å². The molecule has 0 atom stereocenters. The molecule has 0 saturated heterocycles. The first-order valence-electron chi connectivity index (χ1n) is 8.25. The number of rotatable bonds is 10. The Morgan fingerprint density at radius 2 is 1.29 bits per heavy atom. The lowest BCUT2D eigenvalue weighted by molar-refractivity contribution is -0.0247. The molecule has 1 aromatic rings. The van der Waals surface area contributed by atoms with Crippen molar-refractivity contribution in [1.29, 1.82) is 0 Å². The van der Waals surface area contributed by atoms with Gasteiger partial charge in [0, 0.05) is 26.4 Å². The van der Waals surface area contributed by atoms with Gasteiger partial charge < -0.3 is 33.7 Å². The van der Waals surface area contributed by atoms with Crippen molar-refractivity contribution in [2.24, 2.45) is 5.73 Å². The van der Waals surface area contributed by atoms with Crippen LogP contribution in [0.2, 0.25) is 0 Å². The van der Waals surface area contributed by atoms with E-state index in [1.54, 1.807) is 6.07 Å². The van der Waals surface area contributed by atoms with Crippen LogP contribution in [-0.4, -0.2) is 52.2 Å². The zero-order chi connectivity index (χ0) is 18.4. The molecule has 0 radical (unpaired) electrons. The fourth-order valence-electron chi connectivity index (χ4n) is 1.85. The molecule has 0 saturated carbocycles. The van der Waals surface area contributed by atoms with Gasteiger partial charge in [-0.3, -0.25) is 0 Å². The summed E-state index contributed by atoms with van der Waals surface area (Å²) in [5, 5.41) is 18.0. The Hall–Kier alpha value is -1.16. The molecule has 0 heterocycles. The van der Waals surface area contributed by atoms with Crippen molar-refractivity contribution in [1.82, 2.24) is 0 Å². The van der Waals surface area contributed by atoms with E-state index in [9.17, 15) is 0 Å². The molecule has 0 aliphatic rings. The molecular weight excluding hydrogens is 330 g/mol. The van der Waals surface area contributed by atoms with Crippen molar-refractivity contribution in [2.75, 3.05) is 33.0 Å². The summed E-state index contributed by atoms with van der Waals surface area (Å²) in [5.74, 6) is -0.179. The Morgan fingerprint density at radius 1 is 0.833 bits per heavy atom. The van der Waals surface area contributed by atoms with Crippen molar-refractivity contribution < 1.29 is 27.9 Å². The van der Waals surface area contributed by atoms with Gasteiger partial charge in [-0.15, -0.1) is 0 Å². The lowest BCUT2D eigenvalue weighted by Gasteiger charge is -2.26. The number of phenols is 2. The number of hydrogen-bond acceptors (Lipinski definition) is 7. The minimum absolute atomic E-state index is 0.0871. The highest BCUT2D eigenvalue weighted by atomic mass is 28.4. The Bertz CT molecular complexity index is 417. The van der Waals surface area contributed by atoms with Crippen LogP contribution in [0.1, 0.15) is 33.3 Å². The molecule has 4 N–H and O–H groups in total. The summed E-state index contributed by atoms with van der Waals surface area (Å²) in [6.07, 6.45) is 0.716. The summed E-state index contributed by atoms with van der Waals surface area (Å²) < 4.78 is 21.7. The Balaban J connectivity index is 0.000000446. The van der Waals surface area contributed by atoms with E-state index in [-0.39, 0.29) is 11.5 Å². The maximum Gasteiger partial charge on any atom is 0.679 e. The van der Waals surface area contributed by atoms with Crippen molar-refractivity contribution in [2.45, 2.75) is 34.1 Å². The first-order valence-corrected chi connectivity index (χ1v) is 9.88. The average Bonchev–Trinajstić information content (AvgIpc) is 2.53. The highest BCUT2D eigenvalue weighted by molar-refractivity contribution is 6.53. The Morgan fingerprint density at radius 3 is 1.62 bits per heavy atom. The number of benzene rings is 1. The summed E-state index contributed by atoms with van der Waals surface area (Å²) in [5.41, 5.74) is 6.24. The average molecular weight is 362 g/mol. The van der Waals surface area contributed by atoms with Gasteiger partial charge in [-0.2, -0.15) is 0 Å². The Kier molecular flexibility index (Phi) is 12.5. The molecule has 0 fully saturated rings. The molecule has 0 unspecified atom stereocenters. The fraction of sp³-hybridized carbons (Fsp3) is 0.625. The lowest BCUT2D eigenvalue weighted by Crippen LogP contribution is -2.49. The van der Waals surface area contributed by atoms with Gasteiger partial charge in [-0.25, -0.2) is 0 Å². The van der Waals surface area contributed by atoms with Crippen LogP contribution in [0, 0.1) is 0 Å². The SMILES string of the molecule is CCO[Si](OCC)(OCC)OCC.NCCc1ccc(O)c(O)c1. The van der Waals surface area contributed by atoms with E-state index < -0.39 is 9.05 Å². The van der Waals surface area contributed by atoms with Gasteiger partial charge in [0.15, 0.2) is 11.5 Å². The zero-order valence-corrected chi connectivity index (χ0v) is 16.1. The number of aromatic hydroxyl groups is 2. The van der Waals surface area contributed by atoms with E-state index in [1.165, 1.54) is 12.1 Å². The molecule has 7 nitrogen and oxygen atoms in total. The number of phenolic OH excluding ortho intramolecular Hbond substituents is 2. The monoisotopic (exact) mass is 361 g/mol. The van der Waals surface area contributed by atoms with Crippen molar-refractivity contribution in [3.05, 3.63) is 23.8 Å². The highest BCUT2D eigenvalue weighted by Crippen LogP contribution is 2.24. The van der Waals surface area contributed by atoms with Crippen molar-refractivity contribution >= 4 is 9.05 Å². The minimum Gasteiger partial charge on any atom is -0.504 e. The second kappa shape index (κ2) is 13.2. The van der Waals surface area contributed by atoms with E-state index in [0.29, 0.717) is 39.4 Å². The summed E-state index contributed by atoms with van der Waals surface area (Å²) in [4.78, 5) is 0. The molecule has 1 aromatic carbocycles. The predicted molar refractivity (Wildman–Crippen MR) is 94.8 cm³/mol. The summed E-state index contributed by atoms with van der Waals surface area (Å²) in [6.45, 7) is 10.3. The van der Waals surface area contributed by atoms with Gasteiger partial charge >= 0.3 is 9.05 Å².